The smallest absolute Gasteiger partial charge is 0.152 e. The quantitative estimate of drug-likeness (QED) is 0.646. The first-order chi connectivity index (χ1) is 9.06. The number of aromatic amines is 1. The fourth-order valence-corrected chi connectivity index (χ4v) is 2.32. The van der Waals surface area contributed by atoms with Crippen molar-refractivity contribution in [3.63, 3.8) is 0 Å². The minimum atomic E-state index is -0.514. The van der Waals surface area contributed by atoms with Crippen LogP contribution in [0.25, 0.3) is 22.4 Å². The molecule has 19 heavy (non-hydrogen) atoms. The first-order valence-corrected chi connectivity index (χ1v) is 6.49. The zero-order valence-electron chi connectivity index (χ0n) is 9.35. The van der Waals surface area contributed by atoms with Crippen LogP contribution in [0.2, 0.25) is 15.1 Å². The molecule has 1 aromatic heterocycles. The van der Waals surface area contributed by atoms with Gasteiger partial charge in [0.05, 0.1) is 31.7 Å². The van der Waals surface area contributed by atoms with E-state index in [1.807, 2.05) is 0 Å². The van der Waals surface area contributed by atoms with Crippen molar-refractivity contribution >= 4 is 45.8 Å². The number of imidazole rings is 1. The molecule has 0 unspecified atom stereocenters. The van der Waals surface area contributed by atoms with Gasteiger partial charge in [0.2, 0.25) is 0 Å². The Hall–Kier alpha value is -1.29. The summed E-state index contributed by atoms with van der Waals surface area (Å²) < 4.78 is 13.9. The fraction of sp³-hybridized carbons (Fsp3) is 0. The molecule has 3 rings (SSSR count). The summed E-state index contributed by atoms with van der Waals surface area (Å²) in [6, 6.07) is 8.02. The van der Waals surface area contributed by atoms with Crippen LogP contribution in [0.1, 0.15) is 0 Å². The van der Waals surface area contributed by atoms with Crippen LogP contribution in [-0.4, -0.2) is 9.97 Å². The normalized spacial score (nSPS) is 11.2. The molecule has 0 fully saturated rings. The summed E-state index contributed by atoms with van der Waals surface area (Å²) in [5, 5.41) is 0.865. The van der Waals surface area contributed by atoms with E-state index in [2.05, 4.69) is 9.97 Å². The van der Waals surface area contributed by atoms with Gasteiger partial charge in [-0.15, -0.1) is 0 Å². The molecule has 0 saturated carbocycles. The molecule has 1 N–H and O–H groups in total. The summed E-state index contributed by atoms with van der Waals surface area (Å²) >= 11 is 17.6. The lowest BCUT2D eigenvalue weighted by Gasteiger charge is -2.00. The predicted molar refractivity (Wildman–Crippen MR) is 76.5 cm³/mol. The minimum Gasteiger partial charge on any atom is -0.338 e. The molecule has 0 aliphatic carbocycles. The van der Waals surface area contributed by atoms with E-state index in [1.165, 1.54) is 6.07 Å². The van der Waals surface area contributed by atoms with E-state index < -0.39 is 5.82 Å². The van der Waals surface area contributed by atoms with Gasteiger partial charge in [-0.2, -0.15) is 0 Å². The molecular weight excluding hydrogens is 310 g/mol. The number of nitrogens with zero attached hydrogens (tertiary/aromatic N) is 1. The van der Waals surface area contributed by atoms with E-state index >= 15 is 0 Å². The van der Waals surface area contributed by atoms with Crippen LogP contribution >= 0.6 is 34.8 Å². The largest absolute Gasteiger partial charge is 0.338 e. The number of aromatic nitrogens is 2. The van der Waals surface area contributed by atoms with Gasteiger partial charge in [-0.3, -0.25) is 0 Å². The van der Waals surface area contributed by atoms with Crippen molar-refractivity contribution in [3.8, 4) is 11.4 Å². The van der Waals surface area contributed by atoms with Crippen LogP contribution in [-0.2, 0) is 0 Å². The summed E-state index contributed by atoms with van der Waals surface area (Å²) in [6.07, 6.45) is 0. The standard InChI is InChI=1S/C13H6Cl3FN2/c14-7-3-1-2-6(12(7)17)13-18-10-4-8(15)9(16)5-11(10)19-13/h1-5H,(H,18,19). The highest BCUT2D eigenvalue weighted by atomic mass is 35.5. The molecule has 0 radical (unpaired) electrons. The van der Waals surface area contributed by atoms with Gasteiger partial charge in [0.15, 0.2) is 5.82 Å². The third kappa shape index (κ3) is 2.18. The predicted octanol–water partition coefficient (Wildman–Crippen LogP) is 5.33. The minimum absolute atomic E-state index is 0.0500. The lowest BCUT2D eigenvalue weighted by Crippen LogP contribution is -1.86. The molecule has 2 aromatic carbocycles. The van der Waals surface area contributed by atoms with Gasteiger partial charge in [0.25, 0.3) is 0 Å². The van der Waals surface area contributed by atoms with Crippen LogP contribution in [0, 0.1) is 5.82 Å². The van der Waals surface area contributed by atoms with Gasteiger partial charge in [0.1, 0.15) is 5.82 Å². The summed E-state index contributed by atoms with van der Waals surface area (Å²) in [6.45, 7) is 0. The first-order valence-electron chi connectivity index (χ1n) is 5.35. The number of hydrogen-bond donors (Lipinski definition) is 1. The summed E-state index contributed by atoms with van der Waals surface area (Å²) in [7, 11) is 0. The van der Waals surface area contributed by atoms with Gasteiger partial charge in [-0.1, -0.05) is 40.9 Å². The van der Waals surface area contributed by atoms with Crippen molar-refractivity contribution in [2.75, 3.05) is 0 Å². The Morgan fingerprint density at radius 1 is 1.00 bits per heavy atom. The lowest BCUT2D eigenvalue weighted by molar-refractivity contribution is 0.630. The molecule has 0 amide bonds. The Balaban J connectivity index is 2.23. The zero-order chi connectivity index (χ0) is 13.6. The zero-order valence-corrected chi connectivity index (χ0v) is 11.6. The topological polar surface area (TPSA) is 28.7 Å². The molecule has 0 atom stereocenters. The van der Waals surface area contributed by atoms with E-state index in [4.69, 9.17) is 34.8 Å². The molecule has 0 aliphatic heterocycles. The van der Waals surface area contributed by atoms with E-state index in [1.54, 1.807) is 24.3 Å². The number of halogens is 4. The maximum absolute atomic E-state index is 13.9. The first kappa shape index (κ1) is 12.7. The second-order valence-electron chi connectivity index (χ2n) is 3.97. The summed E-state index contributed by atoms with van der Waals surface area (Å²) in [4.78, 5) is 7.28. The number of nitrogens with one attached hydrogen (secondary N) is 1. The van der Waals surface area contributed by atoms with E-state index in [0.717, 1.165) is 0 Å². The third-order valence-electron chi connectivity index (χ3n) is 2.73. The van der Waals surface area contributed by atoms with Gasteiger partial charge >= 0.3 is 0 Å². The highest BCUT2D eigenvalue weighted by Gasteiger charge is 2.13. The second-order valence-corrected chi connectivity index (χ2v) is 5.19. The van der Waals surface area contributed by atoms with E-state index in [-0.39, 0.29) is 5.02 Å². The molecule has 0 saturated heterocycles. The van der Waals surface area contributed by atoms with Gasteiger partial charge < -0.3 is 4.98 Å². The number of rotatable bonds is 1. The lowest BCUT2D eigenvalue weighted by atomic mass is 10.2. The number of fused-ring (bicyclic) bond motifs is 1. The van der Waals surface area contributed by atoms with Gasteiger partial charge in [0, 0.05) is 0 Å². The van der Waals surface area contributed by atoms with Crippen molar-refractivity contribution in [3.05, 3.63) is 51.2 Å². The van der Waals surface area contributed by atoms with Crippen LogP contribution < -0.4 is 0 Å². The molecule has 0 spiro atoms. The van der Waals surface area contributed by atoms with Crippen molar-refractivity contribution in [1.82, 2.24) is 9.97 Å². The highest BCUT2D eigenvalue weighted by Crippen LogP contribution is 2.30. The maximum Gasteiger partial charge on any atom is 0.152 e. The van der Waals surface area contributed by atoms with Gasteiger partial charge in [-0.25, -0.2) is 9.37 Å². The SMILES string of the molecule is Fc1c(Cl)cccc1-c1nc2cc(Cl)c(Cl)cc2[nH]1. The molecule has 1 heterocycles. The fourth-order valence-electron chi connectivity index (χ4n) is 1.82. The molecule has 0 aliphatic rings. The molecule has 0 bridgehead atoms. The monoisotopic (exact) mass is 314 g/mol. The van der Waals surface area contributed by atoms with Crippen LogP contribution in [0.5, 0.6) is 0 Å². The van der Waals surface area contributed by atoms with Crippen molar-refractivity contribution in [1.29, 1.82) is 0 Å². The summed E-state index contributed by atoms with van der Waals surface area (Å²) in [5.41, 5.74) is 1.60. The Morgan fingerprint density at radius 2 is 1.74 bits per heavy atom. The Labute approximate surface area is 123 Å². The number of hydrogen-bond acceptors (Lipinski definition) is 1. The maximum atomic E-state index is 13.9. The summed E-state index contributed by atoms with van der Waals surface area (Å²) in [5.74, 6) is -0.131. The van der Waals surface area contributed by atoms with Crippen LogP contribution in [0.3, 0.4) is 0 Å². The average Bonchev–Trinajstić information content (AvgIpc) is 2.76. The van der Waals surface area contributed by atoms with Crippen LogP contribution in [0.15, 0.2) is 30.3 Å². The Kier molecular flexibility index (Phi) is 3.13. The van der Waals surface area contributed by atoms with Crippen molar-refractivity contribution in [2.45, 2.75) is 0 Å². The second kappa shape index (κ2) is 4.67. The molecule has 96 valence electrons. The Morgan fingerprint density at radius 3 is 2.53 bits per heavy atom. The molecule has 3 aromatic rings. The molecule has 6 heteroatoms. The average molecular weight is 316 g/mol. The number of H-pyrrole nitrogens is 1. The van der Waals surface area contributed by atoms with Gasteiger partial charge in [-0.05, 0) is 24.3 Å². The van der Waals surface area contributed by atoms with E-state index in [0.29, 0.717) is 32.5 Å². The highest BCUT2D eigenvalue weighted by molar-refractivity contribution is 6.42. The number of benzene rings is 2. The molecular formula is C13H6Cl3FN2. The van der Waals surface area contributed by atoms with Crippen molar-refractivity contribution < 1.29 is 4.39 Å². The Bertz CT molecular complexity index is 744. The van der Waals surface area contributed by atoms with Crippen molar-refractivity contribution in [2.24, 2.45) is 0 Å². The van der Waals surface area contributed by atoms with E-state index in [9.17, 15) is 4.39 Å². The molecule has 2 nitrogen and oxygen atoms in total. The van der Waals surface area contributed by atoms with Crippen LogP contribution in [0.4, 0.5) is 4.39 Å². The third-order valence-corrected chi connectivity index (χ3v) is 3.74.